The highest BCUT2D eigenvalue weighted by Gasteiger charge is 2.15. The Bertz CT molecular complexity index is 1010. The maximum Gasteiger partial charge on any atom is 0.240 e. The molecule has 0 spiro atoms. The van der Waals surface area contributed by atoms with Crippen molar-refractivity contribution in [3.63, 3.8) is 0 Å². The number of aliphatic hydroxyl groups is 1. The van der Waals surface area contributed by atoms with E-state index in [0.717, 1.165) is 11.1 Å². The minimum absolute atomic E-state index is 0.0116. The molecule has 0 saturated carbocycles. The molecule has 7 nitrogen and oxygen atoms in total. The maximum absolute atomic E-state index is 12.9. The number of rotatable bonds is 10. The predicted molar refractivity (Wildman–Crippen MR) is 115 cm³/mol. The normalized spacial score (nSPS) is 10.6. The topological polar surface area (TPSA) is 96.2 Å². The molecule has 1 aromatic heterocycles. The van der Waals surface area contributed by atoms with E-state index in [0.29, 0.717) is 17.4 Å². The fourth-order valence-electron chi connectivity index (χ4n) is 2.78. The van der Waals surface area contributed by atoms with E-state index < -0.39 is 0 Å². The lowest BCUT2D eigenvalue weighted by Crippen LogP contribution is -2.28. The summed E-state index contributed by atoms with van der Waals surface area (Å²) < 4.78 is 14.5. The van der Waals surface area contributed by atoms with Gasteiger partial charge in [-0.1, -0.05) is 54.2 Å². The SMILES string of the molecule is O=C(CSc1ncc(CO)n1CC(=O)NCc1ccccc1)NCc1ccc(F)cc1. The Hall–Kier alpha value is -3.17. The number of carbonyl (C=O) groups is 2. The van der Waals surface area contributed by atoms with Gasteiger partial charge in [0.05, 0.1) is 24.3 Å². The summed E-state index contributed by atoms with van der Waals surface area (Å²) in [6.07, 6.45) is 1.49. The van der Waals surface area contributed by atoms with Crippen LogP contribution >= 0.6 is 11.8 Å². The molecule has 0 bridgehead atoms. The summed E-state index contributed by atoms with van der Waals surface area (Å²) in [7, 11) is 0. The van der Waals surface area contributed by atoms with E-state index in [-0.39, 0.29) is 43.1 Å². The van der Waals surface area contributed by atoms with Crippen LogP contribution in [0.3, 0.4) is 0 Å². The molecule has 2 aromatic carbocycles. The van der Waals surface area contributed by atoms with Gasteiger partial charge in [0, 0.05) is 13.1 Å². The van der Waals surface area contributed by atoms with Gasteiger partial charge in [-0.05, 0) is 23.3 Å². The van der Waals surface area contributed by atoms with Gasteiger partial charge in [0.2, 0.25) is 11.8 Å². The molecule has 3 rings (SSSR count). The van der Waals surface area contributed by atoms with Gasteiger partial charge in [-0.2, -0.15) is 0 Å². The third-order valence-corrected chi connectivity index (χ3v) is 5.42. The number of hydrogen-bond acceptors (Lipinski definition) is 5. The molecular weight excluding hydrogens is 419 g/mol. The van der Waals surface area contributed by atoms with Gasteiger partial charge in [-0.25, -0.2) is 9.37 Å². The fourth-order valence-corrected chi connectivity index (χ4v) is 3.61. The summed E-state index contributed by atoms with van der Waals surface area (Å²) in [4.78, 5) is 28.7. The number of thioether (sulfide) groups is 1. The highest BCUT2D eigenvalue weighted by molar-refractivity contribution is 7.99. The molecule has 0 aliphatic carbocycles. The largest absolute Gasteiger partial charge is 0.390 e. The molecule has 0 unspecified atom stereocenters. The Morgan fingerprint density at radius 2 is 1.61 bits per heavy atom. The summed E-state index contributed by atoms with van der Waals surface area (Å²) in [5, 5.41) is 15.6. The van der Waals surface area contributed by atoms with Crippen LogP contribution in [0.25, 0.3) is 0 Å². The molecule has 0 aliphatic rings. The van der Waals surface area contributed by atoms with Gasteiger partial charge >= 0.3 is 0 Å². The first-order chi connectivity index (χ1) is 15.0. The first kappa shape index (κ1) is 22.5. The summed E-state index contributed by atoms with van der Waals surface area (Å²) >= 11 is 1.17. The van der Waals surface area contributed by atoms with Crippen molar-refractivity contribution in [1.82, 2.24) is 20.2 Å². The van der Waals surface area contributed by atoms with Gasteiger partial charge < -0.3 is 20.3 Å². The van der Waals surface area contributed by atoms with Crippen LogP contribution in [0.1, 0.15) is 16.8 Å². The highest BCUT2D eigenvalue weighted by Crippen LogP contribution is 2.19. The molecule has 0 aliphatic heterocycles. The number of aliphatic hydroxyl groups excluding tert-OH is 1. The van der Waals surface area contributed by atoms with Crippen molar-refractivity contribution in [2.45, 2.75) is 31.4 Å². The Balaban J connectivity index is 1.51. The van der Waals surface area contributed by atoms with Crippen LogP contribution in [0.2, 0.25) is 0 Å². The number of nitrogens with one attached hydrogen (secondary N) is 2. The maximum atomic E-state index is 12.9. The van der Waals surface area contributed by atoms with Crippen molar-refractivity contribution in [3.8, 4) is 0 Å². The monoisotopic (exact) mass is 442 g/mol. The second-order valence-electron chi connectivity index (χ2n) is 6.73. The summed E-state index contributed by atoms with van der Waals surface area (Å²) in [6.45, 7) is 0.410. The van der Waals surface area contributed by atoms with Crippen LogP contribution in [-0.2, 0) is 35.8 Å². The van der Waals surface area contributed by atoms with E-state index in [1.807, 2.05) is 30.3 Å². The minimum Gasteiger partial charge on any atom is -0.390 e. The van der Waals surface area contributed by atoms with Crippen molar-refractivity contribution in [2.75, 3.05) is 5.75 Å². The number of nitrogens with zero attached hydrogens (tertiary/aromatic N) is 2. The van der Waals surface area contributed by atoms with Crippen molar-refractivity contribution in [2.24, 2.45) is 0 Å². The molecule has 0 atom stereocenters. The molecule has 31 heavy (non-hydrogen) atoms. The van der Waals surface area contributed by atoms with E-state index in [4.69, 9.17) is 0 Å². The van der Waals surface area contributed by atoms with Crippen molar-refractivity contribution in [3.05, 3.63) is 83.4 Å². The zero-order valence-corrected chi connectivity index (χ0v) is 17.6. The third kappa shape index (κ3) is 6.94. The van der Waals surface area contributed by atoms with Gasteiger partial charge in [0.25, 0.3) is 0 Å². The first-order valence-electron chi connectivity index (χ1n) is 9.65. The number of amides is 2. The first-order valence-corrected chi connectivity index (χ1v) is 10.6. The summed E-state index contributed by atoms with van der Waals surface area (Å²) in [5.74, 6) is -0.679. The lowest BCUT2D eigenvalue weighted by atomic mass is 10.2. The van der Waals surface area contributed by atoms with Crippen molar-refractivity contribution >= 4 is 23.6 Å². The van der Waals surface area contributed by atoms with E-state index in [2.05, 4.69) is 15.6 Å². The number of aromatic nitrogens is 2. The number of carbonyl (C=O) groups excluding carboxylic acids is 2. The predicted octanol–water partition coefficient (Wildman–Crippen LogP) is 2.24. The molecular formula is C22H23FN4O3S. The van der Waals surface area contributed by atoms with Crippen molar-refractivity contribution < 1.29 is 19.1 Å². The molecule has 0 radical (unpaired) electrons. The summed E-state index contributed by atoms with van der Waals surface area (Å²) in [6, 6.07) is 15.4. The van der Waals surface area contributed by atoms with Crippen LogP contribution in [0, 0.1) is 5.82 Å². The molecule has 162 valence electrons. The van der Waals surface area contributed by atoms with E-state index >= 15 is 0 Å². The lowest BCUT2D eigenvalue weighted by Gasteiger charge is -2.11. The number of halogens is 1. The van der Waals surface area contributed by atoms with E-state index in [9.17, 15) is 19.1 Å². The number of imidazole rings is 1. The molecule has 3 N–H and O–H groups in total. The van der Waals surface area contributed by atoms with Gasteiger partial charge in [0.15, 0.2) is 5.16 Å². The zero-order valence-electron chi connectivity index (χ0n) is 16.8. The highest BCUT2D eigenvalue weighted by atomic mass is 32.2. The number of hydrogen-bond donors (Lipinski definition) is 3. The van der Waals surface area contributed by atoms with Crippen LogP contribution < -0.4 is 10.6 Å². The fraction of sp³-hybridized carbons (Fsp3) is 0.227. The molecule has 1 heterocycles. The standard InChI is InChI=1S/C22H23FN4O3S/c23-18-8-6-17(7-9-18)11-25-21(30)15-31-22-26-12-19(14-28)27(22)13-20(29)24-10-16-4-2-1-3-5-16/h1-9,12,28H,10-11,13-15H2,(H,24,29)(H,25,30). The second-order valence-corrected chi connectivity index (χ2v) is 7.67. The average Bonchev–Trinajstić information content (AvgIpc) is 3.18. The Morgan fingerprint density at radius 3 is 2.29 bits per heavy atom. The van der Waals surface area contributed by atoms with Crippen LogP contribution in [0.15, 0.2) is 66.0 Å². The smallest absolute Gasteiger partial charge is 0.240 e. The molecule has 3 aromatic rings. The van der Waals surface area contributed by atoms with Crippen LogP contribution in [-0.4, -0.2) is 32.2 Å². The molecule has 2 amide bonds. The zero-order chi connectivity index (χ0) is 22.1. The second kappa shape index (κ2) is 11.3. The quantitative estimate of drug-likeness (QED) is 0.419. The molecule has 0 saturated heterocycles. The lowest BCUT2D eigenvalue weighted by molar-refractivity contribution is -0.122. The van der Waals surface area contributed by atoms with Crippen LogP contribution in [0.5, 0.6) is 0 Å². The van der Waals surface area contributed by atoms with Gasteiger partial charge in [-0.15, -0.1) is 0 Å². The van der Waals surface area contributed by atoms with E-state index in [1.54, 1.807) is 16.7 Å². The molecule has 0 fully saturated rings. The Kier molecular flexibility index (Phi) is 8.19. The number of benzene rings is 2. The van der Waals surface area contributed by atoms with Gasteiger partial charge in [-0.3, -0.25) is 9.59 Å². The summed E-state index contributed by atoms with van der Waals surface area (Å²) in [5.41, 5.74) is 2.26. The Morgan fingerprint density at radius 1 is 0.968 bits per heavy atom. The third-order valence-electron chi connectivity index (χ3n) is 4.43. The Labute approximate surface area is 183 Å². The van der Waals surface area contributed by atoms with Crippen molar-refractivity contribution in [1.29, 1.82) is 0 Å². The molecule has 9 heteroatoms. The van der Waals surface area contributed by atoms with Crippen LogP contribution in [0.4, 0.5) is 4.39 Å². The van der Waals surface area contributed by atoms with E-state index in [1.165, 1.54) is 30.1 Å². The average molecular weight is 443 g/mol. The van der Waals surface area contributed by atoms with Gasteiger partial charge in [0.1, 0.15) is 12.4 Å². The minimum atomic E-state index is -0.329.